The molecule has 0 aliphatic heterocycles. The van der Waals surface area contributed by atoms with Gasteiger partial charge in [0, 0.05) is 5.92 Å². The van der Waals surface area contributed by atoms with E-state index in [2.05, 4.69) is 93.6 Å². The molecular weight excluding hydrogens is 336 g/mol. The van der Waals surface area contributed by atoms with Crippen molar-refractivity contribution in [1.29, 1.82) is 0 Å². The van der Waals surface area contributed by atoms with Gasteiger partial charge in [-0.1, -0.05) is 91.7 Å². The van der Waals surface area contributed by atoms with Crippen LogP contribution in [-0.4, -0.2) is 0 Å². The lowest BCUT2D eigenvalue weighted by Gasteiger charge is -2.20. The minimum Gasteiger partial charge on any atom is -0.0651 e. The molecule has 0 bridgehead atoms. The summed E-state index contributed by atoms with van der Waals surface area (Å²) in [5.74, 6) is 0.405. The SMILES string of the molecule is CCCc1cc(C2C(C)=Cc3ccccc32)cc(CCc2ccccc2)c1C. The van der Waals surface area contributed by atoms with E-state index in [9.17, 15) is 0 Å². The summed E-state index contributed by atoms with van der Waals surface area (Å²) in [6, 6.07) is 24.7. The van der Waals surface area contributed by atoms with Crippen molar-refractivity contribution >= 4 is 6.08 Å². The molecule has 0 heteroatoms. The van der Waals surface area contributed by atoms with Crippen molar-refractivity contribution in [2.24, 2.45) is 0 Å². The summed E-state index contributed by atoms with van der Waals surface area (Å²) in [6.07, 6.45) is 6.93. The second kappa shape index (κ2) is 8.19. The van der Waals surface area contributed by atoms with Gasteiger partial charge in [-0.25, -0.2) is 0 Å². The fraction of sp³-hybridized carbons (Fsp3) is 0.286. The predicted molar refractivity (Wildman–Crippen MR) is 121 cm³/mol. The number of hydrogen-bond acceptors (Lipinski definition) is 0. The van der Waals surface area contributed by atoms with Gasteiger partial charge in [0.05, 0.1) is 0 Å². The highest BCUT2D eigenvalue weighted by Crippen LogP contribution is 2.41. The van der Waals surface area contributed by atoms with Crippen molar-refractivity contribution in [1.82, 2.24) is 0 Å². The van der Waals surface area contributed by atoms with Crippen LogP contribution in [0.5, 0.6) is 0 Å². The van der Waals surface area contributed by atoms with Crippen LogP contribution >= 0.6 is 0 Å². The average Bonchev–Trinajstić information content (AvgIpc) is 3.05. The van der Waals surface area contributed by atoms with E-state index in [0.29, 0.717) is 5.92 Å². The molecular formula is C28H30. The van der Waals surface area contributed by atoms with Gasteiger partial charge in [-0.05, 0) is 72.1 Å². The number of allylic oxidation sites excluding steroid dienone is 1. The lowest BCUT2D eigenvalue weighted by Crippen LogP contribution is -2.06. The first kappa shape index (κ1) is 18.7. The highest BCUT2D eigenvalue weighted by atomic mass is 14.3. The van der Waals surface area contributed by atoms with Crippen LogP contribution in [0.1, 0.15) is 65.1 Å². The maximum absolute atomic E-state index is 2.49. The molecule has 0 saturated carbocycles. The van der Waals surface area contributed by atoms with Gasteiger partial charge in [-0.3, -0.25) is 0 Å². The molecule has 3 aromatic carbocycles. The smallest absolute Gasteiger partial charge is 0.0305 e. The van der Waals surface area contributed by atoms with Crippen molar-refractivity contribution < 1.29 is 0 Å². The monoisotopic (exact) mass is 366 g/mol. The maximum atomic E-state index is 2.49. The first-order valence-corrected chi connectivity index (χ1v) is 10.6. The topological polar surface area (TPSA) is 0 Å². The van der Waals surface area contributed by atoms with Gasteiger partial charge in [0.2, 0.25) is 0 Å². The Morgan fingerprint density at radius 3 is 2.18 bits per heavy atom. The number of hydrogen-bond donors (Lipinski definition) is 0. The lowest BCUT2D eigenvalue weighted by molar-refractivity contribution is 0.874. The highest BCUT2D eigenvalue weighted by Gasteiger charge is 2.25. The van der Waals surface area contributed by atoms with Crippen molar-refractivity contribution in [2.75, 3.05) is 0 Å². The van der Waals surface area contributed by atoms with Crippen molar-refractivity contribution in [3.05, 3.63) is 111 Å². The number of rotatable bonds is 6. The molecule has 0 amide bonds. The van der Waals surface area contributed by atoms with Gasteiger partial charge < -0.3 is 0 Å². The van der Waals surface area contributed by atoms with E-state index in [1.54, 1.807) is 0 Å². The molecule has 0 radical (unpaired) electrons. The summed E-state index contributed by atoms with van der Waals surface area (Å²) in [7, 11) is 0. The molecule has 0 spiro atoms. The summed E-state index contributed by atoms with van der Waals surface area (Å²) >= 11 is 0. The summed E-state index contributed by atoms with van der Waals surface area (Å²) < 4.78 is 0. The van der Waals surface area contributed by atoms with Gasteiger partial charge in [0.15, 0.2) is 0 Å². The molecule has 3 aromatic rings. The molecule has 0 saturated heterocycles. The minimum atomic E-state index is 0.405. The Hall–Kier alpha value is -2.60. The molecule has 1 aliphatic carbocycles. The Morgan fingerprint density at radius 1 is 0.750 bits per heavy atom. The molecule has 1 unspecified atom stereocenters. The largest absolute Gasteiger partial charge is 0.0651 e. The van der Waals surface area contributed by atoms with E-state index in [-0.39, 0.29) is 0 Å². The standard InChI is InChI=1S/C28H30/c1-4-10-23-18-26(28-20(2)17-25-13-8-9-14-27(25)28)19-24(21(23)3)16-15-22-11-6-5-7-12-22/h5-9,11-14,17-19,28H,4,10,15-16H2,1-3H3. The normalized spacial score (nSPS) is 15.4. The average molecular weight is 367 g/mol. The van der Waals surface area contributed by atoms with Crippen LogP contribution in [0, 0.1) is 6.92 Å². The quantitative estimate of drug-likeness (QED) is 0.430. The van der Waals surface area contributed by atoms with E-state index in [0.717, 1.165) is 19.3 Å². The Morgan fingerprint density at radius 2 is 1.43 bits per heavy atom. The van der Waals surface area contributed by atoms with Crippen molar-refractivity contribution in [3.63, 3.8) is 0 Å². The zero-order chi connectivity index (χ0) is 19.5. The molecule has 1 atom stereocenters. The van der Waals surface area contributed by atoms with Gasteiger partial charge >= 0.3 is 0 Å². The van der Waals surface area contributed by atoms with Gasteiger partial charge in [0.1, 0.15) is 0 Å². The maximum Gasteiger partial charge on any atom is 0.0305 e. The van der Waals surface area contributed by atoms with Gasteiger partial charge in [-0.2, -0.15) is 0 Å². The van der Waals surface area contributed by atoms with E-state index in [4.69, 9.17) is 0 Å². The van der Waals surface area contributed by atoms with E-state index in [1.165, 1.54) is 50.9 Å². The summed E-state index contributed by atoms with van der Waals surface area (Å²) in [4.78, 5) is 0. The zero-order valence-corrected chi connectivity index (χ0v) is 17.3. The Labute approximate surface area is 169 Å². The second-order valence-corrected chi connectivity index (χ2v) is 8.15. The van der Waals surface area contributed by atoms with Crippen molar-refractivity contribution in [3.8, 4) is 0 Å². The molecule has 0 nitrogen and oxygen atoms in total. The molecule has 28 heavy (non-hydrogen) atoms. The van der Waals surface area contributed by atoms with Crippen LogP contribution < -0.4 is 0 Å². The number of benzene rings is 3. The Bertz CT molecular complexity index is 992. The fourth-order valence-electron chi connectivity index (χ4n) is 4.67. The third-order valence-corrected chi connectivity index (χ3v) is 6.17. The van der Waals surface area contributed by atoms with E-state index >= 15 is 0 Å². The molecule has 0 fully saturated rings. The number of aryl methyl sites for hydroxylation is 3. The third kappa shape index (κ3) is 3.69. The second-order valence-electron chi connectivity index (χ2n) is 8.15. The zero-order valence-electron chi connectivity index (χ0n) is 17.3. The van der Waals surface area contributed by atoms with Crippen LogP contribution in [0.15, 0.2) is 72.3 Å². The first-order valence-electron chi connectivity index (χ1n) is 10.6. The molecule has 0 aromatic heterocycles. The number of fused-ring (bicyclic) bond motifs is 1. The van der Waals surface area contributed by atoms with Crippen LogP contribution in [0.3, 0.4) is 0 Å². The van der Waals surface area contributed by atoms with E-state index in [1.807, 2.05) is 0 Å². The fourth-order valence-corrected chi connectivity index (χ4v) is 4.67. The summed E-state index contributed by atoms with van der Waals surface area (Å²) in [6.45, 7) is 6.89. The highest BCUT2D eigenvalue weighted by molar-refractivity contribution is 5.69. The van der Waals surface area contributed by atoms with Crippen LogP contribution in [0.4, 0.5) is 0 Å². The summed E-state index contributed by atoms with van der Waals surface area (Å²) in [5, 5.41) is 0. The molecule has 142 valence electrons. The van der Waals surface area contributed by atoms with Crippen molar-refractivity contribution in [2.45, 2.75) is 52.4 Å². The Balaban J connectivity index is 1.72. The lowest BCUT2D eigenvalue weighted by atomic mass is 9.84. The van der Waals surface area contributed by atoms with E-state index < -0.39 is 0 Å². The third-order valence-electron chi connectivity index (χ3n) is 6.17. The molecule has 1 aliphatic rings. The van der Waals surface area contributed by atoms with Gasteiger partial charge in [-0.15, -0.1) is 0 Å². The molecule has 4 rings (SSSR count). The molecule has 0 heterocycles. The molecule has 0 N–H and O–H groups in total. The minimum absolute atomic E-state index is 0.405. The van der Waals surface area contributed by atoms with Crippen LogP contribution in [0.25, 0.3) is 6.08 Å². The first-order chi connectivity index (χ1) is 13.7. The summed E-state index contributed by atoms with van der Waals surface area (Å²) in [5.41, 5.74) is 11.7. The van der Waals surface area contributed by atoms with Crippen LogP contribution in [-0.2, 0) is 19.3 Å². The van der Waals surface area contributed by atoms with Gasteiger partial charge in [0.25, 0.3) is 0 Å². The predicted octanol–water partition coefficient (Wildman–Crippen LogP) is 7.28. The van der Waals surface area contributed by atoms with Crippen LogP contribution in [0.2, 0.25) is 0 Å². The Kier molecular flexibility index (Phi) is 5.48.